The van der Waals surface area contributed by atoms with E-state index < -0.39 is 0 Å². The van der Waals surface area contributed by atoms with Gasteiger partial charge in [-0.2, -0.15) is 15.7 Å². The number of carbonyl (C=O) groups is 1. The van der Waals surface area contributed by atoms with Crippen LogP contribution in [0.5, 0.6) is 5.88 Å². The molecule has 0 spiro atoms. The summed E-state index contributed by atoms with van der Waals surface area (Å²) in [7, 11) is 1.58. The summed E-state index contributed by atoms with van der Waals surface area (Å²) in [6.45, 7) is 0. The summed E-state index contributed by atoms with van der Waals surface area (Å²) >= 11 is 2.84. The number of hydrogen-bond acceptors (Lipinski definition) is 5. The smallest absolute Gasteiger partial charge is 0.225 e. The van der Waals surface area contributed by atoms with Crippen LogP contribution in [0.2, 0.25) is 0 Å². The third-order valence-electron chi connectivity index (χ3n) is 1.78. The normalized spacial score (nSPS) is 10.1. The van der Waals surface area contributed by atoms with Crippen molar-refractivity contribution < 1.29 is 9.53 Å². The maximum atomic E-state index is 10.7. The average Bonchev–Trinajstić information content (AvgIpc) is 2.85. The molecular formula is C9H7NO2S2. The molecule has 2 aromatic rings. The Morgan fingerprint density at radius 1 is 1.50 bits per heavy atom. The Labute approximate surface area is 89.1 Å². The first-order valence-electron chi connectivity index (χ1n) is 3.87. The summed E-state index contributed by atoms with van der Waals surface area (Å²) in [5, 5.41) is 3.77. The van der Waals surface area contributed by atoms with Crippen molar-refractivity contribution >= 4 is 29.2 Å². The van der Waals surface area contributed by atoms with Crippen molar-refractivity contribution in [3.63, 3.8) is 0 Å². The van der Waals surface area contributed by atoms with E-state index in [-0.39, 0.29) is 0 Å². The van der Waals surface area contributed by atoms with Gasteiger partial charge in [-0.25, -0.2) is 0 Å². The van der Waals surface area contributed by atoms with Gasteiger partial charge in [-0.15, -0.1) is 0 Å². The van der Waals surface area contributed by atoms with Crippen molar-refractivity contribution in [2.24, 2.45) is 0 Å². The first-order chi connectivity index (χ1) is 6.85. The highest BCUT2D eigenvalue weighted by Crippen LogP contribution is 2.32. The number of nitrogens with zero attached hydrogens (tertiary/aromatic N) is 1. The SMILES string of the molecule is COc1cc(-c2cscc2C=O)sn1. The van der Waals surface area contributed by atoms with E-state index in [9.17, 15) is 4.79 Å². The highest BCUT2D eigenvalue weighted by atomic mass is 32.1. The van der Waals surface area contributed by atoms with Gasteiger partial charge in [-0.05, 0) is 11.5 Å². The topological polar surface area (TPSA) is 39.2 Å². The van der Waals surface area contributed by atoms with E-state index in [1.54, 1.807) is 7.11 Å². The van der Waals surface area contributed by atoms with Gasteiger partial charge in [-0.1, -0.05) is 0 Å². The number of aldehydes is 1. The monoisotopic (exact) mass is 225 g/mol. The fourth-order valence-corrected chi connectivity index (χ4v) is 2.70. The molecule has 14 heavy (non-hydrogen) atoms. The van der Waals surface area contributed by atoms with Crippen LogP contribution in [0.15, 0.2) is 16.8 Å². The lowest BCUT2D eigenvalue weighted by molar-refractivity contribution is 0.112. The van der Waals surface area contributed by atoms with Crippen LogP contribution < -0.4 is 4.74 Å². The number of rotatable bonds is 3. The molecule has 0 saturated carbocycles. The molecule has 2 rings (SSSR count). The van der Waals surface area contributed by atoms with E-state index in [2.05, 4.69) is 4.37 Å². The molecule has 0 fully saturated rings. The van der Waals surface area contributed by atoms with E-state index in [0.717, 1.165) is 16.7 Å². The van der Waals surface area contributed by atoms with Crippen LogP contribution in [0.4, 0.5) is 0 Å². The molecule has 0 atom stereocenters. The highest BCUT2D eigenvalue weighted by molar-refractivity contribution is 7.11. The first-order valence-corrected chi connectivity index (χ1v) is 5.59. The Bertz CT molecular complexity index is 447. The highest BCUT2D eigenvalue weighted by Gasteiger charge is 2.09. The van der Waals surface area contributed by atoms with Crippen LogP contribution in [-0.4, -0.2) is 17.8 Å². The average molecular weight is 225 g/mol. The third kappa shape index (κ3) is 1.56. The lowest BCUT2D eigenvalue weighted by atomic mass is 10.2. The van der Waals surface area contributed by atoms with Gasteiger partial charge in [0.1, 0.15) is 0 Å². The zero-order chi connectivity index (χ0) is 9.97. The van der Waals surface area contributed by atoms with Crippen LogP contribution in [-0.2, 0) is 0 Å². The number of aromatic nitrogens is 1. The minimum Gasteiger partial charge on any atom is -0.480 e. The second kappa shape index (κ2) is 3.89. The van der Waals surface area contributed by atoms with Gasteiger partial charge in [0.2, 0.25) is 5.88 Å². The molecule has 5 heteroatoms. The molecule has 0 N–H and O–H groups in total. The molecule has 0 bridgehead atoms. The number of thiophene rings is 1. The van der Waals surface area contributed by atoms with Crippen LogP contribution in [0.1, 0.15) is 10.4 Å². The molecule has 0 aromatic carbocycles. The largest absolute Gasteiger partial charge is 0.480 e. The second-order valence-electron chi connectivity index (χ2n) is 2.59. The molecule has 0 aliphatic rings. The van der Waals surface area contributed by atoms with E-state index in [4.69, 9.17) is 4.74 Å². The van der Waals surface area contributed by atoms with Gasteiger partial charge in [-0.3, -0.25) is 4.79 Å². The second-order valence-corrected chi connectivity index (χ2v) is 4.14. The molecular weight excluding hydrogens is 218 g/mol. The van der Waals surface area contributed by atoms with Crippen molar-refractivity contribution in [2.45, 2.75) is 0 Å². The minimum atomic E-state index is 0.591. The van der Waals surface area contributed by atoms with Crippen molar-refractivity contribution in [3.05, 3.63) is 22.4 Å². The van der Waals surface area contributed by atoms with Crippen molar-refractivity contribution in [1.82, 2.24) is 4.37 Å². The van der Waals surface area contributed by atoms with E-state index in [1.807, 2.05) is 16.8 Å². The van der Waals surface area contributed by atoms with E-state index in [0.29, 0.717) is 11.4 Å². The summed E-state index contributed by atoms with van der Waals surface area (Å²) in [4.78, 5) is 11.7. The van der Waals surface area contributed by atoms with Gasteiger partial charge in [0.25, 0.3) is 0 Å². The number of carbonyl (C=O) groups excluding carboxylic acids is 1. The lowest BCUT2D eigenvalue weighted by Gasteiger charge is -1.91. The Balaban J connectivity index is 2.43. The van der Waals surface area contributed by atoms with Gasteiger partial charge >= 0.3 is 0 Å². The molecule has 2 aromatic heterocycles. The molecule has 2 heterocycles. The van der Waals surface area contributed by atoms with Crippen LogP contribution in [0.25, 0.3) is 10.4 Å². The van der Waals surface area contributed by atoms with Crippen molar-refractivity contribution in [3.8, 4) is 16.3 Å². The van der Waals surface area contributed by atoms with Gasteiger partial charge in [0, 0.05) is 28.0 Å². The summed E-state index contributed by atoms with van der Waals surface area (Å²) < 4.78 is 9.05. The molecule has 0 saturated heterocycles. The molecule has 0 aliphatic heterocycles. The number of ether oxygens (including phenoxy) is 1. The Kier molecular flexibility index (Phi) is 2.60. The summed E-state index contributed by atoms with van der Waals surface area (Å²) in [6, 6.07) is 1.83. The van der Waals surface area contributed by atoms with Crippen molar-refractivity contribution in [2.75, 3.05) is 7.11 Å². The van der Waals surface area contributed by atoms with Gasteiger partial charge < -0.3 is 4.74 Å². The third-order valence-corrected chi connectivity index (χ3v) is 3.35. The molecule has 3 nitrogen and oxygen atoms in total. The standard InChI is InChI=1S/C9H7NO2S2/c1-12-9-2-8(14-10-9)7-5-13-4-6(7)3-11/h2-5H,1H3. The lowest BCUT2D eigenvalue weighted by Crippen LogP contribution is -1.79. The van der Waals surface area contributed by atoms with Gasteiger partial charge in [0.15, 0.2) is 6.29 Å². The fraction of sp³-hybridized carbons (Fsp3) is 0.111. The molecule has 72 valence electrons. The van der Waals surface area contributed by atoms with Crippen LogP contribution in [0, 0.1) is 0 Å². The van der Waals surface area contributed by atoms with E-state index >= 15 is 0 Å². The Morgan fingerprint density at radius 2 is 2.36 bits per heavy atom. The van der Waals surface area contributed by atoms with Crippen LogP contribution in [0.3, 0.4) is 0 Å². The molecule has 0 aliphatic carbocycles. The molecule has 0 amide bonds. The molecule has 0 unspecified atom stereocenters. The summed E-state index contributed by atoms with van der Waals surface area (Å²) in [5.41, 5.74) is 1.65. The number of methoxy groups -OCH3 is 1. The number of hydrogen-bond donors (Lipinski definition) is 0. The maximum absolute atomic E-state index is 10.7. The minimum absolute atomic E-state index is 0.591. The predicted octanol–water partition coefficient (Wildman–Crippen LogP) is 2.69. The van der Waals surface area contributed by atoms with E-state index in [1.165, 1.54) is 22.9 Å². The maximum Gasteiger partial charge on any atom is 0.225 e. The molecule has 0 radical (unpaired) electrons. The predicted molar refractivity (Wildman–Crippen MR) is 57.4 cm³/mol. The summed E-state index contributed by atoms with van der Waals surface area (Å²) in [6.07, 6.45) is 0.859. The first kappa shape index (κ1) is 9.36. The zero-order valence-corrected chi connectivity index (χ0v) is 9.02. The quantitative estimate of drug-likeness (QED) is 0.754. The Hall–Kier alpha value is -1.20. The van der Waals surface area contributed by atoms with Crippen molar-refractivity contribution in [1.29, 1.82) is 0 Å². The Morgan fingerprint density at radius 3 is 3.00 bits per heavy atom. The zero-order valence-electron chi connectivity index (χ0n) is 7.39. The van der Waals surface area contributed by atoms with Gasteiger partial charge in [0.05, 0.1) is 12.0 Å². The van der Waals surface area contributed by atoms with Crippen LogP contribution >= 0.6 is 22.9 Å². The fourth-order valence-electron chi connectivity index (χ4n) is 1.08. The summed E-state index contributed by atoms with van der Waals surface area (Å²) in [5.74, 6) is 0.591.